The van der Waals surface area contributed by atoms with Crippen LogP contribution in [0.3, 0.4) is 0 Å². The number of hydrogen-bond donors (Lipinski definition) is 0. The highest BCUT2D eigenvalue weighted by molar-refractivity contribution is 6.30. The monoisotopic (exact) mass is 249 g/mol. The molecule has 3 heteroatoms. The van der Waals surface area contributed by atoms with E-state index in [4.69, 9.17) is 11.6 Å². The molecule has 1 unspecified atom stereocenters. The molecule has 90 valence electrons. The number of benzene rings is 1. The smallest absolute Gasteiger partial charge is 0.223 e. The molecule has 2 aliphatic heterocycles. The van der Waals surface area contributed by atoms with Crippen LogP contribution in [0.15, 0.2) is 18.2 Å². The lowest BCUT2D eigenvalue weighted by molar-refractivity contribution is -0.132. The summed E-state index contributed by atoms with van der Waals surface area (Å²) in [5.41, 5.74) is 2.65. The normalized spacial score (nSPS) is 23.9. The van der Waals surface area contributed by atoms with E-state index in [0.717, 1.165) is 37.3 Å². The Morgan fingerprint density at radius 3 is 3.00 bits per heavy atom. The largest absolute Gasteiger partial charge is 0.336 e. The Balaban J connectivity index is 2.07. The van der Waals surface area contributed by atoms with Gasteiger partial charge in [0.1, 0.15) is 0 Å². The van der Waals surface area contributed by atoms with E-state index in [1.54, 1.807) is 0 Å². The van der Waals surface area contributed by atoms with E-state index in [0.29, 0.717) is 12.3 Å². The summed E-state index contributed by atoms with van der Waals surface area (Å²) in [4.78, 5) is 14.1. The molecule has 0 spiro atoms. The number of hydrogen-bond acceptors (Lipinski definition) is 1. The van der Waals surface area contributed by atoms with Crippen LogP contribution < -0.4 is 0 Å². The highest BCUT2D eigenvalue weighted by atomic mass is 35.5. The maximum absolute atomic E-state index is 12.0. The number of nitrogens with zero attached hydrogens (tertiary/aromatic N) is 1. The van der Waals surface area contributed by atoms with Crippen LogP contribution in [0.5, 0.6) is 0 Å². The molecular formula is C14H16ClNO. The topological polar surface area (TPSA) is 20.3 Å². The Morgan fingerprint density at radius 2 is 2.12 bits per heavy atom. The fraction of sp³-hybridized carbons (Fsp3) is 0.500. The minimum absolute atomic E-state index is 0.275. The van der Waals surface area contributed by atoms with Gasteiger partial charge in [0.05, 0.1) is 6.04 Å². The van der Waals surface area contributed by atoms with Gasteiger partial charge in [-0.2, -0.15) is 0 Å². The molecule has 17 heavy (non-hydrogen) atoms. The van der Waals surface area contributed by atoms with Gasteiger partial charge in [-0.05, 0) is 48.9 Å². The Kier molecular flexibility index (Phi) is 2.83. The van der Waals surface area contributed by atoms with Gasteiger partial charge in [0, 0.05) is 18.0 Å². The summed E-state index contributed by atoms with van der Waals surface area (Å²) < 4.78 is 0. The number of rotatable bonds is 0. The fourth-order valence-electron chi connectivity index (χ4n) is 3.07. The molecule has 1 aromatic rings. The summed E-state index contributed by atoms with van der Waals surface area (Å²) in [7, 11) is 0. The fourth-order valence-corrected chi connectivity index (χ4v) is 3.25. The van der Waals surface area contributed by atoms with Gasteiger partial charge in [0.15, 0.2) is 0 Å². The third kappa shape index (κ3) is 1.95. The second-order valence-electron chi connectivity index (χ2n) is 4.94. The van der Waals surface area contributed by atoms with E-state index in [9.17, 15) is 4.79 Å². The number of amides is 1. The molecule has 1 fully saturated rings. The first-order valence-electron chi connectivity index (χ1n) is 6.33. The third-order valence-corrected chi connectivity index (χ3v) is 4.11. The van der Waals surface area contributed by atoms with Gasteiger partial charge in [0.2, 0.25) is 5.91 Å². The second-order valence-corrected chi connectivity index (χ2v) is 5.38. The summed E-state index contributed by atoms with van der Waals surface area (Å²) in [6.07, 6.45) is 4.85. The number of fused-ring (bicyclic) bond motifs is 3. The average Bonchev–Trinajstić information content (AvgIpc) is 2.77. The van der Waals surface area contributed by atoms with E-state index < -0.39 is 0 Å². The Hall–Kier alpha value is -1.02. The third-order valence-electron chi connectivity index (χ3n) is 3.88. The molecule has 1 saturated heterocycles. The van der Waals surface area contributed by atoms with Crippen LogP contribution in [0.1, 0.15) is 42.9 Å². The zero-order chi connectivity index (χ0) is 11.8. The summed E-state index contributed by atoms with van der Waals surface area (Å²) >= 11 is 6.09. The first-order chi connectivity index (χ1) is 8.25. The highest BCUT2D eigenvalue weighted by Gasteiger charge is 2.32. The van der Waals surface area contributed by atoms with Crippen LogP contribution in [0, 0.1) is 0 Å². The molecule has 2 nitrogen and oxygen atoms in total. The molecule has 1 atom stereocenters. The van der Waals surface area contributed by atoms with Crippen molar-refractivity contribution < 1.29 is 4.79 Å². The van der Waals surface area contributed by atoms with Gasteiger partial charge < -0.3 is 4.90 Å². The van der Waals surface area contributed by atoms with E-state index in [1.165, 1.54) is 11.1 Å². The van der Waals surface area contributed by atoms with Crippen molar-refractivity contribution in [2.24, 2.45) is 0 Å². The first-order valence-corrected chi connectivity index (χ1v) is 6.71. The molecular weight excluding hydrogens is 234 g/mol. The molecule has 0 bridgehead atoms. The minimum Gasteiger partial charge on any atom is -0.336 e. The number of halogens is 1. The Labute approximate surface area is 107 Å². The van der Waals surface area contributed by atoms with E-state index in [-0.39, 0.29) is 6.04 Å². The maximum Gasteiger partial charge on any atom is 0.223 e. The molecule has 1 amide bonds. The van der Waals surface area contributed by atoms with Crippen molar-refractivity contribution >= 4 is 17.5 Å². The van der Waals surface area contributed by atoms with Crippen molar-refractivity contribution in [3.63, 3.8) is 0 Å². The average molecular weight is 250 g/mol. The van der Waals surface area contributed by atoms with Crippen LogP contribution in [-0.4, -0.2) is 17.4 Å². The van der Waals surface area contributed by atoms with Gasteiger partial charge in [-0.3, -0.25) is 4.79 Å². The van der Waals surface area contributed by atoms with Gasteiger partial charge in [0.25, 0.3) is 0 Å². The van der Waals surface area contributed by atoms with Gasteiger partial charge in [-0.1, -0.05) is 17.7 Å². The highest BCUT2D eigenvalue weighted by Crippen LogP contribution is 2.37. The van der Waals surface area contributed by atoms with Crippen molar-refractivity contribution in [3.05, 3.63) is 34.3 Å². The summed E-state index contributed by atoms with van der Waals surface area (Å²) in [5.74, 6) is 0.318. The Bertz CT molecular complexity index is 458. The van der Waals surface area contributed by atoms with Crippen molar-refractivity contribution in [2.75, 3.05) is 6.54 Å². The molecule has 0 saturated carbocycles. The molecule has 3 rings (SSSR count). The van der Waals surface area contributed by atoms with Crippen molar-refractivity contribution in [2.45, 2.75) is 38.1 Å². The minimum atomic E-state index is 0.275. The van der Waals surface area contributed by atoms with Crippen molar-refractivity contribution in [1.29, 1.82) is 0 Å². The maximum atomic E-state index is 12.0. The lowest BCUT2D eigenvalue weighted by atomic mass is 9.93. The molecule has 0 aromatic heterocycles. The van der Waals surface area contributed by atoms with Gasteiger partial charge in [-0.15, -0.1) is 0 Å². The molecule has 0 aliphatic carbocycles. The van der Waals surface area contributed by atoms with Gasteiger partial charge in [-0.25, -0.2) is 0 Å². The van der Waals surface area contributed by atoms with E-state index in [2.05, 4.69) is 12.1 Å². The Morgan fingerprint density at radius 1 is 1.24 bits per heavy atom. The van der Waals surface area contributed by atoms with Crippen molar-refractivity contribution in [1.82, 2.24) is 4.90 Å². The predicted molar refractivity (Wildman–Crippen MR) is 68.1 cm³/mol. The zero-order valence-corrected chi connectivity index (χ0v) is 10.5. The van der Waals surface area contributed by atoms with E-state index >= 15 is 0 Å². The second kappa shape index (κ2) is 4.34. The van der Waals surface area contributed by atoms with E-state index in [1.807, 2.05) is 11.0 Å². The van der Waals surface area contributed by atoms with Crippen LogP contribution in [-0.2, 0) is 11.2 Å². The van der Waals surface area contributed by atoms with Crippen LogP contribution in [0.2, 0.25) is 5.02 Å². The van der Waals surface area contributed by atoms with Gasteiger partial charge >= 0.3 is 0 Å². The summed E-state index contributed by atoms with van der Waals surface area (Å²) in [5, 5.41) is 0.781. The standard InChI is InChI=1S/C14H16ClNO/c15-11-7-6-10-3-1-5-14(17)16-8-2-4-13(16)12(10)9-11/h6-7,9,13H,1-5,8H2. The van der Waals surface area contributed by atoms with Crippen molar-refractivity contribution in [3.8, 4) is 0 Å². The quantitative estimate of drug-likeness (QED) is 0.691. The lowest BCUT2D eigenvalue weighted by Crippen LogP contribution is -2.32. The number of carbonyl (C=O) groups excluding carboxylic acids is 1. The number of carbonyl (C=O) groups is 1. The summed E-state index contributed by atoms with van der Waals surface area (Å²) in [6, 6.07) is 6.42. The first kappa shape index (κ1) is 11.1. The van der Waals surface area contributed by atoms with Crippen LogP contribution in [0.25, 0.3) is 0 Å². The van der Waals surface area contributed by atoms with Crippen LogP contribution >= 0.6 is 11.6 Å². The SMILES string of the molecule is O=C1CCCc2ccc(Cl)cc2C2CCCN12. The zero-order valence-electron chi connectivity index (χ0n) is 9.79. The molecule has 0 radical (unpaired) electrons. The molecule has 1 aromatic carbocycles. The van der Waals surface area contributed by atoms with Crippen LogP contribution in [0.4, 0.5) is 0 Å². The molecule has 2 aliphatic rings. The number of aryl methyl sites for hydroxylation is 1. The lowest BCUT2D eigenvalue weighted by Gasteiger charge is -2.29. The molecule has 2 heterocycles. The predicted octanol–water partition coefficient (Wildman–Crippen LogP) is 3.34. The molecule has 0 N–H and O–H groups in total. The summed E-state index contributed by atoms with van der Waals surface area (Å²) in [6.45, 7) is 0.912.